The van der Waals surface area contributed by atoms with Gasteiger partial charge in [0.15, 0.2) is 0 Å². The first-order valence-electron chi connectivity index (χ1n) is 7.06. The van der Waals surface area contributed by atoms with Crippen LogP contribution in [0.15, 0.2) is 42.5 Å². The quantitative estimate of drug-likeness (QED) is 0.612. The first-order valence-corrected chi connectivity index (χ1v) is 7.44. The van der Waals surface area contributed by atoms with Gasteiger partial charge < -0.3 is 15.4 Å². The summed E-state index contributed by atoms with van der Waals surface area (Å²) >= 11 is 5.82. The zero-order chi connectivity index (χ0) is 17.7. The molecular formula is C16H16ClN3O4. The Kier molecular flexibility index (Phi) is 5.59. The van der Waals surface area contributed by atoms with E-state index in [9.17, 15) is 14.9 Å². The minimum atomic E-state index is -0.536. The Labute approximate surface area is 143 Å². The molecule has 2 aromatic carbocycles. The molecule has 0 unspecified atom stereocenters. The van der Waals surface area contributed by atoms with Crippen molar-refractivity contribution in [1.29, 1.82) is 0 Å². The molecule has 1 amide bonds. The van der Waals surface area contributed by atoms with Crippen LogP contribution in [0.4, 0.5) is 17.1 Å². The number of nitrogens with zero attached hydrogens (tertiary/aromatic N) is 1. The van der Waals surface area contributed by atoms with E-state index in [4.69, 9.17) is 16.3 Å². The molecule has 0 spiro atoms. The van der Waals surface area contributed by atoms with Crippen LogP contribution in [0.3, 0.4) is 0 Å². The van der Waals surface area contributed by atoms with Crippen LogP contribution in [0.5, 0.6) is 5.75 Å². The molecule has 0 aliphatic heterocycles. The van der Waals surface area contributed by atoms with E-state index in [1.165, 1.54) is 25.3 Å². The van der Waals surface area contributed by atoms with Crippen LogP contribution in [0, 0.1) is 10.1 Å². The second kappa shape index (κ2) is 7.65. The highest BCUT2D eigenvalue weighted by Gasteiger charge is 2.17. The third-order valence-corrected chi connectivity index (χ3v) is 3.53. The van der Waals surface area contributed by atoms with Crippen LogP contribution in [-0.2, 0) is 4.79 Å². The molecule has 0 saturated carbocycles. The van der Waals surface area contributed by atoms with Gasteiger partial charge >= 0.3 is 0 Å². The van der Waals surface area contributed by atoms with Crippen molar-refractivity contribution in [3.63, 3.8) is 0 Å². The molecule has 0 aromatic heterocycles. The fraction of sp³-hybridized carbons (Fsp3) is 0.188. The number of nitro groups is 1. The van der Waals surface area contributed by atoms with Gasteiger partial charge in [0.1, 0.15) is 11.8 Å². The van der Waals surface area contributed by atoms with Gasteiger partial charge in [0.25, 0.3) is 5.69 Å². The van der Waals surface area contributed by atoms with Crippen molar-refractivity contribution < 1.29 is 14.5 Å². The maximum absolute atomic E-state index is 12.3. The summed E-state index contributed by atoms with van der Waals surface area (Å²) in [5.41, 5.74) is 0.993. The lowest BCUT2D eigenvalue weighted by Crippen LogP contribution is -2.31. The Morgan fingerprint density at radius 2 is 1.92 bits per heavy atom. The zero-order valence-corrected chi connectivity index (χ0v) is 13.8. The van der Waals surface area contributed by atoms with Crippen molar-refractivity contribution in [1.82, 2.24) is 0 Å². The average molecular weight is 350 g/mol. The molecule has 0 bridgehead atoms. The smallest absolute Gasteiger partial charge is 0.273 e. The fourth-order valence-corrected chi connectivity index (χ4v) is 2.13. The molecule has 2 N–H and O–H groups in total. The normalized spacial score (nSPS) is 11.5. The number of nitrogens with one attached hydrogen (secondary N) is 2. The minimum absolute atomic E-state index is 0.114. The number of amides is 1. The number of hydrogen-bond acceptors (Lipinski definition) is 5. The number of hydrogen-bond donors (Lipinski definition) is 2. The Balaban J connectivity index is 2.08. The zero-order valence-electron chi connectivity index (χ0n) is 13.1. The summed E-state index contributed by atoms with van der Waals surface area (Å²) in [6.07, 6.45) is 0. The highest BCUT2D eigenvalue weighted by Crippen LogP contribution is 2.29. The molecule has 2 rings (SSSR count). The van der Waals surface area contributed by atoms with E-state index in [1.54, 1.807) is 31.2 Å². The standard InChI is InChI=1S/C16H16ClN3O4/c1-10(18-12-5-3-11(17)4-6-12)16(21)19-14-8-7-13(20(22)23)9-15(14)24-2/h3-10,18H,1-2H3,(H,19,21)/t10-/m1/s1. The number of halogens is 1. The lowest BCUT2D eigenvalue weighted by atomic mass is 10.2. The van der Waals surface area contributed by atoms with Gasteiger partial charge in [-0.25, -0.2) is 0 Å². The summed E-state index contributed by atoms with van der Waals surface area (Å²) in [5.74, 6) is -0.0895. The van der Waals surface area contributed by atoms with E-state index >= 15 is 0 Å². The number of ether oxygens (including phenoxy) is 1. The monoisotopic (exact) mass is 349 g/mol. The van der Waals surface area contributed by atoms with Crippen LogP contribution in [0.1, 0.15) is 6.92 Å². The second-order valence-corrected chi connectivity index (χ2v) is 5.44. The Morgan fingerprint density at radius 3 is 2.50 bits per heavy atom. The summed E-state index contributed by atoms with van der Waals surface area (Å²) < 4.78 is 5.09. The predicted molar refractivity (Wildman–Crippen MR) is 92.8 cm³/mol. The van der Waals surface area contributed by atoms with Gasteiger partial charge in [0, 0.05) is 16.8 Å². The topological polar surface area (TPSA) is 93.5 Å². The molecule has 24 heavy (non-hydrogen) atoms. The molecule has 0 aliphatic carbocycles. The molecule has 0 fully saturated rings. The summed E-state index contributed by atoms with van der Waals surface area (Å²) in [5, 5.41) is 17.1. The second-order valence-electron chi connectivity index (χ2n) is 5.00. The maximum Gasteiger partial charge on any atom is 0.273 e. The molecule has 0 saturated heterocycles. The van der Waals surface area contributed by atoms with Crippen molar-refractivity contribution in [2.24, 2.45) is 0 Å². The van der Waals surface area contributed by atoms with E-state index in [2.05, 4.69) is 10.6 Å². The molecule has 0 heterocycles. The van der Waals surface area contributed by atoms with Crippen LogP contribution in [0.2, 0.25) is 5.02 Å². The third-order valence-electron chi connectivity index (χ3n) is 3.27. The van der Waals surface area contributed by atoms with E-state index in [0.717, 1.165) is 5.69 Å². The minimum Gasteiger partial charge on any atom is -0.494 e. The third kappa shape index (κ3) is 4.36. The van der Waals surface area contributed by atoms with Gasteiger partial charge in [0.2, 0.25) is 5.91 Å². The fourth-order valence-electron chi connectivity index (χ4n) is 2.00. The largest absolute Gasteiger partial charge is 0.494 e. The molecule has 2 aromatic rings. The number of nitro benzene ring substituents is 1. The molecule has 8 heteroatoms. The van der Waals surface area contributed by atoms with Gasteiger partial charge in [-0.15, -0.1) is 0 Å². The summed E-state index contributed by atoms with van der Waals surface area (Å²) in [6.45, 7) is 1.70. The van der Waals surface area contributed by atoms with Crippen molar-refractivity contribution >= 4 is 34.6 Å². The van der Waals surface area contributed by atoms with Crippen molar-refractivity contribution in [2.45, 2.75) is 13.0 Å². The van der Waals surface area contributed by atoms with Gasteiger partial charge in [0.05, 0.1) is 23.8 Å². The van der Waals surface area contributed by atoms with Gasteiger partial charge in [-0.2, -0.15) is 0 Å². The number of benzene rings is 2. The Bertz CT molecular complexity index is 749. The van der Waals surface area contributed by atoms with Crippen LogP contribution < -0.4 is 15.4 Å². The molecule has 0 aliphatic rings. The number of rotatable bonds is 6. The van der Waals surface area contributed by atoms with Crippen molar-refractivity contribution in [2.75, 3.05) is 17.7 Å². The molecule has 126 valence electrons. The highest BCUT2D eigenvalue weighted by molar-refractivity contribution is 6.30. The highest BCUT2D eigenvalue weighted by atomic mass is 35.5. The van der Waals surface area contributed by atoms with Gasteiger partial charge in [-0.3, -0.25) is 14.9 Å². The number of anilines is 2. The molecule has 1 atom stereocenters. The van der Waals surface area contributed by atoms with Crippen molar-refractivity contribution in [3.05, 3.63) is 57.6 Å². The van der Waals surface area contributed by atoms with Crippen molar-refractivity contribution in [3.8, 4) is 5.75 Å². The summed E-state index contributed by atoms with van der Waals surface area (Å²) in [7, 11) is 1.38. The Morgan fingerprint density at radius 1 is 1.25 bits per heavy atom. The van der Waals surface area contributed by atoms with E-state index in [0.29, 0.717) is 10.7 Å². The van der Waals surface area contributed by atoms with E-state index in [-0.39, 0.29) is 17.3 Å². The molecule has 0 radical (unpaired) electrons. The van der Waals surface area contributed by atoms with E-state index in [1.807, 2.05) is 0 Å². The number of carbonyl (C=O) groups is 1. The van der Waals surface area contributed by atoms with Crippen LogP contribution in [-0.4, -0.2) is 24.0 Å². The van der Waals surface area contributed by atoms with Gasteiger partial charge in [-0.1, -0.05) is 11.6 Å². The number of non-ortho nitro benzene ring substituents is 1. The van der Waals surface area contributed by atoms with Crippen LogP contribution >= 0.6 is 11.6 Å². The SMILES string of the molecule is COc1cc([N+](=O)[O-])ccc1NC(=O)[C@@H](C)Nc1ccc(Cl)cc1. The number of methoxy groups -OCH3 is 1. The first-order chi connectivity index (χ1) is 11.4. The first kappa shape index (κ1) is 17.6. The number of carbonyl (C=O) groups excluding carboxylic acids is 1. The summed E-state index contributed by atoms with van der Waals surface area (Å²) in [4.78, 5) is 22.5. The predicted octanol–water partition coefficient (Wildman–Crippen LogP) is 3.70. The molecule has 7 nitrogen and oxygen atoms in total. The lowest BCUT2D eigenvalue weighted by Gasteiger charge is -2.16. The molecular weight excluding hydrogens is 334 g/mol. The van der Waals surface area contributed by atoms with E-state index < -0.39 is 11.0 Å². The van der Waals surface area contributed by atoms with Crippen LogP contribution in [0.25, 0.3) is 0 Å². The average Bonchev–Trinajstić information content (AvgIpc) is 2.56. The van der Waals surface area contributed by atoms with Gasteiger partial charge in [-0.05, 0) is 37.3 Å². The summed E-state index contributed by atoms with van der Waals surface area (Å²) in [6, 6.07) is 10.4. The lowest BCUT2D eigenvalue weighted by molar-refractivity contribution is -0.384. The Hall–Kier alpha value is -2.80. The maximum atomic E-state index is 12.3.